The van der Waals surface area contributed by atoms with Crippen LogP contribution in [-0.2, 0) is 0 Å². The van der Waals surface area contributed by atoms with Crippen molar-refractivity contribution >= 4 is 17.6 Å². The first kappa shape index (κ1) is 18.5. The molecule has 2 atom stereocenters. The zero-order valence-corrected chi connectivity index (χ0v) is 15.1. The van der Waals surface area contributed by atoms with Gasteiger partial charge < -0.3 is 14.9 Å². The molecule has 0 bridgehead atoms. The van der Waals surface area contributed by atoms with Crippen molar-refractivity contribution in [1.82, 2.24) is 4.90 Å². The summed E-state index contributed by atoms with van der Waals surface area (Å²) in [5.41, 5.74) is 0.154. The van der Waals surface area contributed by atoms with Crippen molar-refractivity contribution in [3.8, 4) is 5.75 Å². The molecular weight excluding hydrogens is 342 g/mol. The Labute approximate surface area is 153 Å². The van der Waals surface area contributed by atoms with Crippen LogP contribution in [-0.4, -0.2) is 53.4 Å². The Morgan fingerprint density at radius 2 is 2.04 bits per heavy atom. The molecule has 5 nitrogen and oxygen atoms in total. The van der Waals surface area contributed by atoms with Crippen LogP contribution in [0.25, 0.3) is 0 Å². The lowest BCUT2D eigenvalue weighted by atomic mass is 9.82. The van der Waals surface area contributed by atoms with Crippen LogP contribution in [0.1, 0.15) is 42.5 Å². The van der Waals surface area contributed by atoms with Gasteiger partial charge in [-0.2, -0.15) is 0 Å². The summed E-state index contributed by atoms with van der Waals surface area (Å²) in [6.07, 6.45) is 5.74. The second kappa shape index (κ2) is 8.39. The second-order valence-electron chi connectivity index (χ2n) is 7.16. The highest BCUT2D eigenvalue weighted by Crippen LogP contribution is 2.36. The monoisotopic (exact) mass is 367 g/mol. The zero-order chi connectivity index (χ0) is 17.8. The van der Waals surface area contributed by atoms with E-state index in [-0.39, 0.29) is 11.7 Å². The molecule has 3 rings (SSSR count). The first-order chi connectivity index (χ1) is 12.0. The Balaban J connectivity index is 1.49. The number of carboxylic acid groups (broad SMARTS) is 1. The number of aromatic carboxylic acids is 1. The molecule has 2 N–H and O–H groups in total. The Kier molecular flexibility index (Phi) is 6.20. The topological polar surface area (TPSA) is 70.0 Å². The van der Waals surface area contributed by atoms with E-state index in [0.717, 1.165) is 26.1 Å². The minimum atomic E-state index is -1.00. The number of ether oxygens (including phenoxy) is 1. The molecule has 138 valence electrons. The highest BCUT2D eigenvalue weighted by molar-refractivity contribution is 6.32. The van der Waals surface area contributed by atoms with Crippen LogP contribution in [0.15, 0.2) is 18.2 Å². The average molecular weight is 368 g/mol. The molecular formula is C19H26ClNO4. The van der Waals surface area contributed by atoms with Crippen molar-refractivity contribution in [1.29, 1.82) is 0 Å². The molecule has 2 aliphatic rings. The number of halogens is 1. The maximum Gasteiger partial charge on any atom is 0.335 e. The van der Waals surface area contributed by atoms with Gasteiger partial charge >= 0.3 is 5.97 Å². The third-order valence-electron chi connectivity index (χ3n) is 5.55. The van der Waals surface area contributed by atoms with E-state index in [4.69, 9.17) is 21.4 Å². The lowest BCUT2D eigenvalue weighted by Crippen LogP contribution is -2.46. The molecule has 0 spiro atoms. The molecule has 0 radical (unpaired) electrons. The zero-order valence-electron chi connectivity index (χ0n) is 14.4. The van der Waals surface area contributed by atoms with Gasteiger partial charge in [0.05, 0.1) is 16.7 Å². The summed E-state index contributed by atoms with van der Waals surface area (Å²) in [4.78, 5) is 13.3. The van der Waals surface area contributed by atoms with Crippen LogP contribution in [0.3, 0.4) is 0 Å². The number of hydrogen-bond donors (Lipinski definition) is 2. The van der Waals surface area contributed by atoms with E-state index in [1.165, 1.54) is 37.8 Å². The second-order valence-corrected chi connectivity index (χ2v) is 7.57. The van der Waals surface area contributed by atoms with E-state index in [1.54, 1.807) is 6.07 Å². The van der Waals surface area contributed by atoms with Crippen LogP contribution in [0, 0.1) is 11.8 Å². The highest BCUT2D eigenvalue weighted by atomic mass is 35.5. The fourth-order valence-corrected chi connectivity index (χ4v) is 4.36. The number of hydrogen-bond acceptors (Lipinski definition) is 4. The third kappa shape index (κ3) is 4.66. The van der Waals surface area contributed by atoms with E-state index in [1.807, 2.05) is 0 Å². The molecule has 1 aromatic rings. The summed E-state index contributed by atoms with van der Waals surface area (Å²) in [6, 6.07) is 4.51. The van der Waals surface area contributed by atoms with Gasteiger partial charge in [0.25, 0.3) is 0 Å². The van der Waals surface area contributed by atoms with Crippen molar-refractivity contribution in [3.05, 3.63) is 28.8 Å². The van der Waals surface area contributed by atoms with E-state index >= 15 is 0 Å². The predicted octanol–water partition coefficient (Wildman–Crippen LogP) is 3.29. The Morgan fingerprint density at radius 3 is 2.72 bits per heavy atom. The average Bonchev–Trinajstić information content (AvgIpc) is 3.12. The number of piperidine rings is 1. The summed E-state index contributed by atoms with van der Waals surface area (Å²) >= 11 is 6.09. The molecule has 0 unspecified atom stereocenters. The number of likely N-dealkylation sites (tertiary alicyclic amines) is 1. The van der Waals surface area contributed by atoms with Gasteiger partial charge in [0, 0.05) is 25.6 Å². The number of aliphatic hydroxyl groups is 1. The summed E-state index contributed by atoms with van der Waals surface area (Å²) in [5.74, 6) is 0.556. The van der Waals surface area contributed by atoms with Gasteiger partial charge in [0.2, 0.25) is 0 Å². The van der Waals surface area contributed by atoms with Crippen LogP contribution < -0.4 is 4.74 Å². The predicted molar refractivity (Wildman–Crippen MR) is 96.4 cm³/mol. The standard InChI is InChI=1S/C19H26ClNO4/c20-16-11-14(19(23)24)5-6-18(16)25-10-9-21-8-7-17(22)15(12-21)13-3-1-2-4-13/h5-6,11,13,15,17,22H,1-4,7-10,12H2,(H,23,24)/t15-,17+/m0/s1. The maximum atomic E-state index is 10.9. The van der Waals surface area contributed by atoms with Gasteiger partial charge in [-0.1, -0.05) is 37.3 Å². The maximum absolute atomic E-state index is 10.9. The van der Waals surface area contributed by atoms with E-state index in [2.05, 4.69) is 4.90 Å². The molecule has 1 saturated carbocycles. The summed E-state index contributed by atoms with van der Waals surface area (Å²) in [7, 11) is 0. The van der Waals surface area contributed by atoms with Gasteiger partial charge in [-0.25, -0.2) is 4.79 Å². The highest BCUT2D eigenvalue weighted by Gasteiger charge is 2.34. The lowest BCUT2D eigenvalue weighted by molar-refractivity contribution is -0.00328. The van der Waals surface area contributed by atoms with Gasteiger partial charge in [-0.3, -0.25) is 4.90 Å². The minimum Gasteiger partial charge on any atom is -0.491 e. The Hall–Kier alpha value is -1.30. The van der Waals surface area contributed by atoms with Crippen molar-refractivity contribution in [2.45, 2.75) is 38.2 Å². The number of aliphatic hydroxyl groups excluding tert-OH is 1. The van der Waals surface area contributed by atoms with E-state index < -0.39 is 5.97 Å². The third-order valence-corrected chi connectivity index (χ3v) is 5.85. The fraction of sp³-hybridized carbons (Fsp3) is 0.632. The number of benzene rings is 1. The van der Waals surface area contributed by atoms with Crippen LogP contribution in [0.4, 0.5) is 0 Å². The van der Waals surface area contributed by atoms with E-state index in [9.17, 15) is 9.90 Å². The number of carbonyl (C=O) groups is 1. The van der Waals surface area contributed by atoms with Crippen LogP contribution in [0.5, 0.6) is 5.75 Å². The Bertz CT molecular complexity index is 603. The number of rotatable bonds is 6. The first-order valence-electron chi connectivity index (χ1n) is 9.10. The molecule has 1 aliphatic carbocycles. The van der Waals surface area contributed by atoms with Gasteiger partial charge in [-0.15, -0.1) is 0 Å². The van der Waals surface area contributed by atoms with Gasteiger partial charge in [0.1, 0.15) is 12.4 Å². The van der Waals surface area contributed by atoms with Crippen molar-refractivity contribution in [2.24, 2.45) is 11.8 Å². The fourth-order valence-electron chi connectivity index (χ4n) is 4.13. The quantitative estimate of drug-likeness (QED) is 0.807. The first-order valence-corrected chi connectivity index (χ1v) is 9.48. The molecule has 0 amide bonds. The van der Waals surface area contributed by atoms with Crippen molar-refractivity contribution in [2.75, 3.05) is 26.2 Å². The molecule has 0 aromatic heterocycles. The smallest absolute Gasteiger partial charge is 0.335 e. The van der Waals surface area contributed by atoms with Gasteiger partial charge in [-0.05, 0) is 30.5 Å². The SMILES string of the molecule is O=C(O)c1ccc(OCCN2CC[C@@H](O)[C@H](C3CCCC3)C2)c(Cl)c1. The summed E-state index contributed by atoms with van der Waals surface area (Å²) < 4.78 is 5.73. The lowest BCUT2D eigenvalue weighted by Gasteiger charge is -2.39. The molecule has 1 saturated heterocycles. The summed E-state index contributed by atoms with van der Waals surface area (Å²) in [6.45, 7) is 3.10. The van der Waals surface area contributed by atoms with Gasteiger partial charge in [0.15, 0.2) is 0 Å². The van der Waals surface area contributed by atoms with Crippen molar-refractivity contribution < 1.29 is 19.7 Å². The normalized spacial score (nSPS) is 25.2. The molecule has 2 fully saturated rings. The van der Waals surface area contributed by atoms with Crippen LogP contribution >= 0.6 is 11.6 Å². The minimum absolute atomic E-state index is 0.154. The molecule has 1 aromatic carbocycles. The largest absolute Gasteiger partial charge is 0.491 e. The van der Waals surface area contributed by atoms with Crippen molar-refractivity contribution in [3.63, 3.8) is 0 Å². The van der Waals surface area contributed by atoms with Crippen LogP contribution in [0.2, 0.25) is 5.02 Å². The molecule has 6 heteroatoms. The number of carboxylic acids is 1. The molecule has 1 heterocycles. The summed E-state index contributed by atoms with van der Waals surface area (Å²) in [5, 5.41) is 19.6. The molecule has 25 heavy (non-hydrogen) atoms. The molecule has 1 aliphatic heterocycles. The Morgan fingerprint density at radius 1 is 1.28 bits per heavy atom. The van der Waals surface area contributed by atoms with E-state index in [0.29, 0.717) is 29.2 Å². The number of nitrogens with zero attached hydrogens (tertiary/aromatic N) is 1.